The van der Waals surface area contributed by atoms with Crippen LogP contribution in [0.15, 0.2) is 0 Å². The number of carboxylic acid groups (broad SMARTS) is 1. The molecule has 0 aromatic heterocycles. The molecule has 0 radical (unpaired) electrons. The van der Waals surface area contributed by atoms with Crippen molar-refractivity contribution in [3.05, 3.63) is 0 Å². The highest BCUT2D eigenvalue weighted by atomic mass is 16.4. The highest BCUT2D eigenvalue weighted by molar-refractivity contribution is 5.94. The topological polar surface area (TPSA) is 237 Å². The Balaban J connectivity index is 5.42. The Morgan fingerprint density at radius 2 is 1.50 bits per heavy atom. The fraction of sp³-hybridized carbons (Fsp3) is 0.714. The number of aliphatic carboxylic acids is 1. The van der Waals surface area contributed by atoms with Gasteiger partial charge in [0.05, 0.1) is 18.5 Å². The normalized spacial score (nSPS) is 14.4. The number of nitrogens with two attached hydrogens (primary N) is 3. The largest absolute Gasteiger partial charge is 0.481 e. The van der Waals surface area contributed by atoms with Gasteiger partial charge in [-0.15, -0.1) is 0 Å². The van der Waals surface area contributed by atoms with Gasteiger partial charge in [0.2, 0.25) is 23.6 Å². The number of carbonyl (C=O) groups excluding carboxylic acids is 5. The molecule has 0 aliphatic heterocycles. The number of nitrogens with one attached hydrogen (secondary N) is 3. The molecule has 13 heteroatoms. The van der Waals surface area contributed by atoms with Crippen LogP contribution < -0.4 is 33.2 Å². The molecule has 0 spiro atoms. The minimum atomic E-state index is -1.32. The fourth-order valence-electron chi connectivity index (χ4n) is 3.05. The van der Waals surface area contributed by atoms with Crippen molar-refractivity contribution >= 4 is 35.9 Å². The highest BCUT2D eigenvalue weighted by Crippen LogP contribution is 2.08. The monoisotopic (exact) mass is 486 g/mol. The molecule has 0 bridgehead atoms. The molecule has 0 aliphatic rings. The number of aldehydes is 1. The van der Waals surface area contributed by atoms with Gasteiger partial charge < -0.3 is 43.1 Å². The number of unbranched alkanes of at least 4 members (excludes halogenated alkanes) is 1. The van der Waals surface area contributed by atoms with Crippen LogP contribution in [-0.4, -0.2) is 71.7 Å². The van der Waals surface area contributed by atoms with Crippen molar-refractivity contribution in [2.75, 3.05) is 6.54 Å². The molecule has 0 heterocycles. The van der Waals surface area contributed by atoms with Crippen LogP contribution in [0.1, 0.15) is 58.8 Å². The molecule has 194 valence electrons. The van der Waals surface area contributed by atoms with E-state index in [1.165, 1.54) is 0 Å². The SMILES string of the molecule is CC(C)C[C@H](NC(=O)[C@@H](N)CCCCN)C(=O)N[C@@H](CCC(N)=O)C(=O)N[C@H](C=O)CC(=O)O. The maximum Gasteiger partial charge on any atom is 0.305 e. The first-order chi connectivity index (χ1) is 15.9. The van der Waals surface area contributed by atoms with E-state index in [1.54, 1.807) is 0 Å². The first-order valence-corrected chi connectivity index (χ1v) is 11.2. The van der Waals surface area contributed by atoms with Crippen LogP contribution in [0.4, 0.5) is 0 Å². The molecular weight excluding hydrogens is 448 g/mol. The smallest absolute Gasteiger partial charge is 0.305 e. The summed E-state index contributed by atoms with van der Waals surface area (Å²) in [6.45, 7) is 4.15. The molecular formula is C21H38N6O7. The Bertz CT molecular complexity index is 716. The van der Waals surface area contributed by atoms with Crippen molar-refractivity contribution < 1.29 is 33.9 Å². The molecule has 4 amide bonds. The van der Waals surface area contributed by atoms with Gasteiger partial charge >= 0.3 is 5.97 Å². The summed E-state index contributed by atoms with van der Waals surface area (Å²) in [7, 11) is 0. The minimum Gasteiger partial charge on any atom is -0.481 e. The van der Waals surface area contributed by atoms with E-state index in [-0.39, 0.29) is 31.5 Å². The second-order valence-electron chi connectivity index (χ2n) is 8.50. The highest BCUT2D eigenvalue weighted by Gasteiger charge is 2.30. The van der Waals surface area contributed by atoms with Crippen LogP contribution in [0.5, 0.6) is 0 Å². The number of amides is 4. The third-order valence-electron chi connectivity index (χ3n) is 4.84. The lowest BCUT2D eigenvalue weighted by Crippen LogP contribution is -2.57. The van der Waals surface area contributed by atoms with E-state index in [0.29, 0.717) is 25.8 Å². The molecule has 0 aromatic rings. The summed E-state index contributed by atoms with van der Waals surface area (Å²) in [5, 5.41) is 16.1. The lowest BCUT2D eigenvalue weighted by molar-refractivity contribution is -0.139. The summed E-state index contributed by atoms with van der Waals surface area (Å²) in [6, 6.07) is -4.47. The van der Waals surface area contributed by atoms with Crippen LogP contribution in [0.3, 0.4) is 0 Å². The van der Waals surface area contributed by atoms with Gasteiger partial charge in [-0.05, 0) is 38.1 Å². The van der Waals surface area contributed by atoms with Crippen molar-refractivity contribution in [2.45, 2.75) is 83.0 Å². The molecule has 0 fully saturated rings. The van der Waals surface area contributed by atoms with Crippen LogP contribution in [-0.2, 0) is 28.8 Å². The molecule has 13 nitrogen and oxygen atoms in total. The molecule has 0 saturated heterocycles. The number of primary amides is 1. The zero-order valence-corrected chi connectivity index (χ0v) is 19.7. The standard InChI is InChI=1S/C21H38N6O7/c1-12(2)9-16(27-19(32)14(23)5-3-4-8-22)21(34)26-15(6-7-17(24)29)20(33)25-13(11-28)10-18(30)31/h11-16H,3-10,22-23H2,1-2H3,(H2,24,29)(H,25,33)(H,26,34)(H,27,32)(H,30,31)/t13-,14-,15-,16-/m0/s1. The fourth-order valence-corrected chi connectivity index (χ4v) is 3.05. The van der Waals surface area contributed by atoms with Crippen molar-refractivity contribution in [1.29, 1.82) is 0 Å². The Labute approximate surface area is 198 Å². The number of carbonyl (C=O) groups is 6. The Kier molecular flexibility index (Phi) is 15.0. The van der Waals surface area contributed by atoms with Gasteiger partial charge in [-0.3, -0.25) is 24.0 Å². The van der Waals surface area contributed by atoms with Gasteiger partial charge in [0.25, 0.3) is 0 Å². The molecule has 0 aliphatic carbocycles. The average Bonchev–Trinajstić information content (AvgIpc) is 2.74. The van der Waals surface area contributed by atoms with E-state index in [2.05, 4.69) is 16.0 Å². The summed E-state index contributed by atoms with van der Waals surface area (Å²) in [5.74, 6) is -4.11. The zero-order valence-electron chi connectivity index (χ0n) is 19.7. The van der Waals surface area contributed by atoms with Crippen LogP contribution in [0, 0.1) is 5.92 Å². The van der Waals surface area contributed by atoms with Crippen molar-refractivity contribution in [3.8, 4) is 0 Å². The second kappa shape index (κ2) is 16.5. The number of hydrogen-bond donors (Lipinski definition) is 7. The first-order valence-electron chi connectivity index (χ1n) is 11.2. The maximum atomic E-state index is 12.9. The predicted octanol–water partition coefficient (Wildman–Crippen LogP) is -2.12. The predicted molar refractivity (Wildman–Crippen MR) is 123 cm³/mol. The average molecular weight is 487 g/mol. The molecule has 0 unspecified atom stereocenters. The van der Waals surface area contributed by atoms with Crippen molar-refractivity contribution in [2.24, 2.45) is 23.1 Å². The second-order valence-corrected chi connectivity index (χ2v) is 8.50. The van der Waals surface area contributed by atoms with Crippen LogP contribution >= 0.6 is 0 Å². The Morgan fingerprint density at radius 3 is 2.00 bits per heavy atom. The van der Waals surface area contributed by atoms with E-state index >= 15 is 0 Å². The Hall–Kier alpha value is -3.06. The van der Waals surface area contributed by atoms with E-state index < -0.39 is 60.2 Å². The third kappa shape index (κ3) is 13.5. The van der Waals surface area contributed by atoms with Crippen LogP contribution in [0.2, 0.25) is 0 Å². The quantitative estimate of drug-likeness (QED) is 0.0826. The zero-order chi connectivity index (χ0) is 26.3. The third-order valence-corrected chi connectivity index (χ3v) is 4.84. The molecule has 10 N–H and O–H groups in total. The lowest BCUT2D eigenvalue weighted by atomic mass is 10.0. The van der Waals surface area contributed by atoms with E-state index in [1.807, 2.05) is 13.8 Å². The van der Waals surface area contributed by atoms with Gasteiger partial charge in [-0.1, -0.05) is 20.3 Å². The van der Waals surface area contributed by atoms with E-state index in [9.17, 15) is 28.8 Å². The van der Waals surface area contributed by atoms with Gasteiger partial charge in [0, 0.05) is 6.42 Å². The summed E-state index contributed by atoms with van der Waals surface area (Å²) >= 11 is 0. The van der Waals surface area contributed by atoms with E-state index in [4.69, 9.17) is 22.3 Å². The maximum absolute atomic E-state index is 12.9. The van der Waals surface area contributed by atoms with Crippen molar-refractivity contribution in [1.82, 2.24) is 16.0 Å². The summed E-state index contributed by atoms with van der Waals surface area (Å²) in [5.41, 5.74) is 16.5. The number of rotatable bonds is 18. The molecule has 34 heavy (non-hydrogen) atoms. The van der Waals surface area contributed by atoms with E-state index in [0.717, 1.165) is 0 Å². The van der Waals surface area contributed by atoms with Crippen molar-refractivity contribution in [3.63, 3.8) is 0 Å². The summed E-state index contributed by atoms with van der Waals surface area (Å²) in [6.07, 6.45) is 1.15. The van der Waals surface area contributed by atoms with Gasteiger partial charge in [-0.25, -0.2) is 0 Å². The molecule has 0 saturated carbocycles. The number of carboxylic acids is 1. The minimum absolute atomic E-state index is 0.00239. The summed E-state index contributed by atoms with van der Waals surface area (Å²) in [4.78, 5) is 71.2. The van der Waals surface area contributed by atoms with Gasteiger partial charge in [-0.2, -0.15) is 0 Å². The lowest BCUT2D eigenvalue weighted by Gasteiger charge is -2.25. The molecule has 0 aromatic carbocycles. The van der Waals surface area contributed by atoms with Gasteiger partial charge in [0.1, 0.15) is 18.4 Å². The van der Waals surface area contributed by atoms with Crippen LogP contribution in [0.25, 0.3) is 0 Å². The first kappa shape index (κ1) is 30.9. The number of hydrogen-bond acceptors (Lipinski definition) is 8. The Morgan fingerprint density at radius 1 is 0.912 bits per heavy atom. The molecule has 0 rings (SSSR count). The molecule has 4 atom stereocenters. The van der Waals surface area contributed by atoms with Gasteiger partial charge in [0.15, 0.2) is 0 Å². The summed E-state index contributed by atoms with van der Waals surface area (Å²) < 4.78 is 0.